The lowest BCUT2D eigenvalue weighted by Crippen LogP contribution is -2.27. The second-order valence-electron chi connectivity index (χ2n) is 4.67. The highest BCUT2D eigenvalue weighted by atomic mass is 32.3. The topological polar surface area (TPSA) is 107 Å². The van der Waals surface area contributed by atoms with Crippen molar-refractivity contribution in [1.82, 2.24) is 0 Å². The van der Waals surface area contributed by atoms with E-state index in [1.165, 1.54) is 25.5 Å². The molecule has 0 fully saturated rings. The highest BCUT2D eigenvalue weighted by Gasteiger charge is 2.32. The molecule has 0 aliphatic carbocycles. The first-order valence-electron chi connectivity index (χ1n) is 6.27. The van der Waals surface area contributed by atoms with Crippen molar-refractivity contribution in [1.29, 1.82) is 0 Å². The van der Waals surface area contributed by atoms with E-state index in [9.17, 15) is 16.8 Å². The van der Waals surface area contributed by atoms with Crippen molar-refractivity contribution in [3.8, 4) is 5.75 Å². The van der Waals surface area contributed by atoms with Gasteiger partial charge >= 0.3 is 0 Å². The molecule has 2 aromatic rings. The average molecular weight is 372 g/mol. The van der Waals surface area contributed by atoms with Crippen LogP contribution in [0.2, 0.25) is 0 Å². The Kier molecular flexibility index (Phi) is 3.71. The van der Waals surface area contributed by atoms with E-state index in [1.54, 1.807) is 24.3 Å². The van der Waals surface area contributed by atoms with Gasteiger partial charge in [0.05, 0.1) is 12.8 Å². The average Bonchev–Trinajstić information content (AvgIpc) is 2.93. The fourth-order valence-electron chi connectivity index (χ4n) is 2.10. The molecule has 0 bridgehead atoms. The highest BCUT2D eigenvalue weighted by molar-refractivity contribution is 7.96. The van der Waals surface area contributed by atoms with E-state index < -0.39 is 20.0 Å². The molecule has 2 heterocycles. The van der Waals surface area contributed by atoms with Crippen LogP contribution < -0.4 is 14.2 Å². The predicted octanol–water partition coefficient (Wildman–Crippen LogP) is 1.58. The van der Waals surface area contributed by atoms with Gasteiger partial charge < -0.3 is 4.74 Å². The third-order valence-electron chi connectivity index (χ3n) is 3.19. The van der Waals surface area contributed by atoms with Crippen LogP contribution in [0.15, 0.2) is 45.0 Å². The number of hydrogen-bond acceptors (Lipinski definition) is 6. The number of hydrogen-bond donors (Lipinski definition) is 1. The maximum atomic E-state index is 12.7. The van der Waals surface area contributed by atoms with Crippen LogP contribution in [0.5, 0.6) is 5.75 Å². The van der Waals surface area contributed by atoms with Gasteiger partial charge in [-0.05, 0) is 36.4 Å². The Morgan fingerprint density at radius 1 is 1.22 bits per heavy atom. The van der Waals surface area contributed by atoms with E-state index in [-0.39, 0.29) is 8.42 Å². The van der Waals surface area contributed by atoms with Gasteiger partial charge in [0, 0.05) is 11.8 Å². The van der Waals surface area contributed by atoms with Crippen LogP contribution in [-0.4, -0.2) is 23.9 Å². The largest absolute Gasteiger partial charge is 0.497 e. The number of nitrogens with zero attached hydrogens (tertiary/aromatic N) is 1. The molecule has 0 radical (unpaired) electrons. The number of thiophene rings is 1. The van der Waals surface area contributed by atoms with Gasteiger partial charge in [-0.15, -0.1) is 11.3 Å². The Hall–Kier alpha value is -1.88. The molecule has 2 N–H and O–H groups in total. The summed E-state index contributed by atoms with van der Waals surface area (Å²) in [6, 6.07) is 7.73. The third-order valence-corrected chi connectivity index (χ3v) is 7.99. The molecule has 7 nitrogen and oxygen atoms in total. The van der Waals surface area contributed by atoms with E-state index in [2.05, 4.69) is 0 Å². The zero-order valence-corrected chi connectivity index (χ0v) is 14.3. The number of sulfonamides is 2. The molecule has 1 aromatic heterocycles. The van der Waals surface area contributed by atoms with E-state index >= 15 is 0 Å². The third kappa shape index (κ3) is 2.74. The van der Waals surface area contributed by atoms with Gasteiger partial charge in [-0.1, -0.05) is 0 Å². The molecule has 122 valence electrons. The van der Waals surface area contributed by atoms with Crippen LogP contribution in [0, 0.1) is 0 Å². The molecule has 0 saturated carbocycles. The van der Waals surface area contributed by atoms with E-state index in [4.69, 9.17) is 9.88 Å². The number of methoxy groups -OCH3 is 1. The summed E-state index contributed by atoms with van der Waals surface area (Å²) in [5.41, 5.74) is 0.724. The minimum Gasteiger partial charge on any atom is -0.497 e. The van der Waals surface area contributed by atoms with Crippen molar-refractivity contribution >= 4 is 43.1 Å². The minimum atomic E-state index is -3.95. The number of primary sulfonamides is 1. The summed E-state index contributed by atoms with van der Waals surface area (Å²) in [6.07, 6.45) is 2.91. The fourth-order valence-corrected chi connectivity index (χ4v) is 6.03. The van der Waals surface area contributed by atoms with Crippen molar-refractivity contribution in [3.63, 3.8) is 0 Å². The van der Waals surface area contributed by atoms with Crippen LogP contribution in [0.3, 0.4) is 0 Å². The molecular formula is C13H12N2O5S3. The highest BCUT2D eigenvalue weighted by Crippen LogP contribution is 2.38. The lowest BCUT2D eigenvalue weighted by molar-refractivity contribution is 0.415. The Morgan fingerprint density at radius 3 is 2.43 bits per heavy atom. The Bertz CT molecular complexity index is 989. The van der Waals surface area contributed by atoms with E-state index in [0.29, 0.717) is 28.3 Å². The normalized spacial score (nSPS) is 16.2. The maximum Gasteiger partial charge on any atom is 0.278 e. The molecule has 1 aromatic carbocycles. The van der Waals surface area contributed by atoms with Crippen LogP contribution in [0.4, 0.5) is 5.69 Å². The molecule has 0 amide bonds. The van der Waals surface area contributed by atoms with Crippen LogP contribution in [0.25, 0.3) is 6.08 Å². The molecule has 0 saturated heterocycles. The summed E-state index contributed by atoms with van der Waals surface area (Å²) >= 11 is 0.637. The molecule has 0 atom stereocenters. The lowest BCUT2D eigenvalue weighted by atomic mass is 10.3. The molecule has 3 rings (SSSR count). The summed E-state index contributed by atoms with van der Waals surface area (Å²) in [5.74, 6) is 0.598. The number of anilines is 1. The Labute approximate surface area is 137 Å². The molecule has 1 aliphatic heterocycles. The van der Waals surface area contributed by atoms with Gasteiger partial charge in [-0.25, -0.2) is 17.9 Å². The van der Waals surface area contributed by atoms with Crippen LogP contribution >= 0.6 is 11.3 Å². The van der Waals surface area contributed by atoms with Crippen molar-refractivity contribution in [2.75, 3.05) is 11.4 Å². The second-order valence-corrected chi connectivity index (χ2v) is 9.52. The standard InChI is InChI=1S/C13H12N2O5S3/c1-20-11-4-2-10(3-5-11)15-7-6-9-8-12(22(14,16)17)21-13(9)23(15,18)19/h2-8H,1H3,(H2,14,16,17). The summed E-state index contributed by atoms with van der Waals surface area (Å²) < 4.78 is 54.2. The van der Waals surface area contributed by atoms with Gasteiger partial charge in [-0.3, -0.25) is 0 Å². The molecule has 10 heteroatoms. The quantitative estimate of drug-likeness (QED) is 0.880. The molecule has 0 unspecified atom stereocenters. The number of ether oxygens (including phenoxy) is 1. The molecule has 0 spiro atoms. The van der Waals surface area contributed by atoms with Crippen molar-refractivity contribution in [3.05, 3.63) is 42.1 Å². The van der Waals surface area contributed by atoms with Crippen molar-refractivity contribution in [2.24, 2.45) is 5.14 Å². The van der Waals surface area contributed by atoms with Crippen LogP contribution in [0.1, 0.15) is 5.56 Å². The number of benzene rings is 1. The molecule has 23 heavy (non-hydrogen) atoms. The second kappa shape index (κ2) is 5.34. The molecular weight excluding hydrogens is 360 g/mol. The summed E-state index contributed by atoms with van der Waals surface area (Å²) in [5, 5.41) is 5.07. The Balaban J connectivity index is 2.09. The first-order valence-corrected chi connectivity index (χ1v) is 10.1. The van der Waals surface area contributed by atoms with Crippen molar-refractivity contribution < 1.29 is 21.6 Å². The zero-order valence-electron chi connectivity index (χ0n) is 11.8. The summed E-state index contributed by atoms with van der Waals surface area (Å²) in [6.45, 7) is 0. The van der Waals surface area contributed by atoms with E-state index in [0.717, 1.165) is 4.31 Å². The molecule has 1 aliphatic rings. The van der Waals surface area contributed by atoms with Gasteiger partial charge in [0.2, 0.25) is 10.0 Å². The lowest BCUT2D eigenvalue weighted by Gasteiger charge is -2.23. The monoisotopic (exact) mass is 372 g/mol. The Morgan fingerprint density at radius 2 is 1.87 bits per heavy atom. The maximum absolute atomic E-state index is 12.7. The van der Waals surface area contributed by atoms with Gasteiger partial charge in [-0.2, -0.15) is 8.42 Å². The SMILES string of the molecule is COc1ccc(N2C=Cc3cc(S(N)(=O)=O)sc3S2(=O)=O)cc1. The fraction of sp³-hybridized carbons (Fsp3) is 0.0769. The van der Waals surface area contributed by atoms with Gasteiger partial charge in [0.25, 0.3) is 10.0 Å². The van der Waals surface area contributed by atoms with Crippen molar-refractivity contribution in [2.45, 2.75) is 8.42 Å². The van der Waals surface area contributed by atoms with Gasteiger partial charge in [0.1, 0.15) is 14.2 Å². The van der Waals surface area contributed by atoms with Crippen LogP contribution in [-0.2, 0) is 20.0 Å². The summed E-state index contributed by atoms with van der Waals surface area (Å²) in [7, 11) is -6.33. The summed E-state index contributed by atoms with van der Waals surface area (Å²) in [4.78, 5) is 0. The zero-order chi connectivity index (χ0) is 16.8. The van der Waals surface area contributed by atoms with Gasteiger partial charge in [0.15, 0.2) is 0 Å². The number of rotatable bonds is 3. The smallest absolute Gasteiger partial charge is 0.278 e. The number of nitrogens with two attached hydrogens (primary N) is 1. The first kappa shape index (κ1) is 16.0. The number of fused-ring (bicyclic) bond motifs is 1. The minimum absolute atomic E-state index is 0.0557. The predicted molar refractivity (Wildman–Crippen MR) is 87.4 cm³/mol. The van der Waals surface area contributed by atoms with E-state index in [1.807, 2.05) is 0 Å². The first-order chi connectivity index (χ1) is 10.7.